The fourth-order valence-corrected chi connectivity index (χ4v) is 16.1. The molecule has 4 aliphatic heterocycles. The molecular formula is C53H90O23. The zero-order valence-corrected chi connectivity index (χ0v) is 45.0. The zero-order valence-electron chi connectivity index (χ0n) is 45.0. The van der Waals surface area contributed by atoms with Crippen LogP contribution in [0.15, 0.2) is 11.6 Å². The summed E-state index contributed by atoms with van der Waals surface area (Å²) in [6, 6.07) is 0. The van der Waals surface area contributed by atoms with Crippen molar-refractivity contribution in [3.63, 3.8) is 0 Å². The van der Waals surface area contributed by atoms with Gasteiger partial charge < -0.3 is 114 Å². The van der Waals surface area contributed by atoms with Crippen molar-refractivity contribution >= 4 is 0 Å². The average Bonchev–Trinajstić information content (AvgIpc) is 3.95. The van der Waals surface area contributed by atoms with E-state index in [0.29, 0.717) is 38.5 Å². The molecule has 8 aliphatic rings. The molecule has 0 radical (unpaired) electrons. The maximum atomic E-state index is 12.8. The Bertz CT molecular complexity index is 1980. The minimum Gasteiger partial charge on any atom is -0.394 e. The minimum atomic E-state index is -1.87. The second-order valence-corrected chi connectivity index (χ2v) is 25.5. The van der Waals surface area contributed by atoms with Crippen molar-refractivity contribution in [3.05, 3.63) is 11.6 Å². The first-order chi connectivity index (χ1) is 35.5. The Kier molecular flexibility index (Phi) is 18.3. The number of hydrogen-bond donors (Lipinski definition) is 15. The molecule has 0 aromatic carbocycles. The third-order valence-corrected chi connectivity index (χ3v) is 20.4. The summed E-state index contributed by atoms with van der Waals surface area (Å²) in [5, 5.41) is 164. The van der Waals surface area contributed by atoms with E-state index in [1.807, 2.05) is 34.6 Å². The quantitative estimate of drug-likeness (QED) is 0.0591. The number of rotatable bonds is 15. The number of ether oxygens (including phenoxy) is 8. The lowest BCUT2D eigenvalue weighted by molar-refractivity contribution is -0.383. The van der Waals surface area contributed by atoms with Gasteiger partial charge in [0, 0.05) is 0 Å². The van der Waals surface area contributed by atoms with Crippen molar-refractivity contribution < 1.29 is 114 Å². The first kappa shape index (κ1) is 60.9. The standard InChI is InChI=1S/C53H90O23/c1-22(2)10-9-13-53(8,76-47-42(68)38(64)36(62)29(73-47)21-70-45-40(66)33(59)26(58)20-69-45)23-11-14-52(7)32(23)24(56)16-31-50(5)17-25(57)44(49(3,4)30(50)12-15-51(31,52)6)75-48-43(39(65)35(61)28(19-55)72-48)74-46-41(67)37(63)34(60)27(18-54)71-46/h10,23-48,54-68H,9,11-21H2,1-8H3/t23-,24+,25+,26-,27-,28-,29-,30-,31+,32-,33+,34-,35+,36+,37+,38+,39+,40+,41-,42+,43+,44-,45-,46-,47+,48+,50-,51-,52-,53-/m0/s1. The van der Waals surface area contributed by atoms with E-state index < -0.39 is 182 Å². The molecule has 8 fully saturated rings. The molecule has 4 saturated carbocycles. The second-order valence-electron chi connectivity index (χ2n) is 25.5. The Morgan fingerprint density at radius 1 is 0.592 bits per heavy atom. The minimum absolute atomic E-state index is 0.123. The van der Waals surface area contributed by atoms with E-state index in [-0.39, 0.29) is 36.7 Å². The highest BCUT2D eigenvalue weighted by Gasteiger charge is 2.73. The maximum Gasteiger partial charge on any atom is 0.187 e. The van der Waals surface area contributed by atoms with Gasteiger partial charge in [0.2, 0.25) is 0 Å². The third-order valence-electron chi connectivity index (χ3n) is 20.4. The number of aliphatic hydroxyl groups is 15. The summed E-state index contributed by atoms with van der Waals surface area (Å²) in [6.07, 6.45) is -26.8. The molecule has 0 unspecified atom stereocenters. The smallest absolute Gasteiger partial charge is 0.187 e. The highest BCUT2D eigenvalue weighted by molar-refractivity contribution is 5.21. The van der Waals surface area contributed by atoms with Gasteiger partial charge in [-0.25, -0.2) is 0 Å². The Balaban J connectivity index is 1.03. The first-order valence-electron chi connectivity index (χ1n) is 27.4. The van der Waals surface area contributed by atoms with E-state index in [0.717, 1.165) is 12.0 Å². The average molecular weight is 1100 g/mol. The van der Waals surface area contributed by atoms with E-state index in [1.54, 1.807) is 0 Å². The molecule has 4 aliphatic carbocycles. The van der Waals surface area contributed by atoms with E-state index in [9.17, 15) is 76.6 Å². The summed E-state index contributed by atoms with van der Waals surface area (Å²) in [5.74, 6) is -0.872. The van der Waals surface area contributed by atoms with Crippen LogP contribution in [0, 0.1) is 45.3 Å². The summed E-state index contributed by atoms with van der Waals surface area (Å²) in [4.78, 5) is 0. The van der Waals surface area contributed by atoms with Crippen molar-refractivity contribution in [2.75, 3.05) is 26.4 Å². The van der Waals surface area contributed by atoms with Gasteiger partial charge in [-0.1, -0.05) is 46.3 Å². The summed E-state index contributed by atoms with van der Waals surface area (Å²) < 4.78 is 48.5. The van der Waals surface area contributed by atoms with Crippen molar-refractivity contribution in [1.82, 2.24) is 0 Å². The molecule has 15 N–H and O–H groups in total. The van der Waals surface area contributed by atoms with Crippen LogP contribution in [0.2, 0.25) is 0 Å². The maximum absolute atomic E-state index is 12.8. The van der Waals surface area contributed by atoms with Gasteiger partial charge in [0.1, 0.15) is 91.6 Å². The molecule has 440 valence electrons. The van der Waals surface area contributed by atoms with Crippen LogP contribution >= 0.6 is 0 Å². The third kappa shape index (κ3) is 10.5. The van der Waals surface area contributed by atoms with Gasteiger partial charge in [-0.3, -0.25) is 0 Å². The SMILES string of the molecule is CC(C)=CCC[C@](C)(O[C@H]1O[C@@H](CO[C@@H]2OC[C@H](O)[C@@H](O)[C@H]2O)[C@@H](O)[C@@H](O)[C@H]1O)[C@H]1CC[C@@]2(C)[C@@H]1[C@H](O)C[C@@H]1[C@@]3(C)C[C@@H](O)[C@H](O[C@H]4O[C@@H](CO)[C@@H](O)[C@@H](O)[C@H]4O[C@@H]4O[C@@H](CO)[C@H](O)[C@@H](O)[C@@H]4O)C(C)(C)[C@@H]3CC[C@@]12C. The van der Waals surface area contributed by atoms with E-state index in [2.05, 4.69) is 26.8 Å². The van der Waals surface area contributed by atoms with Crippen molar-refractivity contribution in [2.24, 2.45) is 45.3 Å². The lowest BCUT2D eigenvalue weighted by Gasteiger charge is -2.71. The summed E-state index contributed by atoms with van der Waals surface area (Å²) >= 11 is 0. The Morgan fingerprint density at radius 3 is 1.79 bits per heavy atom. The molecule has 4 heterocycles. The van der Waals surface area contributed by atoms with Crippen LogP contribution in [0.5, 0.6) is 0 Å². The molecule has 23 nitrogen and oxygen atoms in total. The van der Waals surface area contributed by atoms with Crippen LogP contribution in [-0.4, -0.2) is 244 Å². The molecule has 23 heteroatoms. The number of allylic oxidation sites excluding steroid dienone is 2. The Morgan fingerprint density at radius 2 is 1.16 bits per heavy atom. The van der Waals surface area contributed by atoms with E-state index in [1.165, 1.54) is 0 Å². The fourth-order valence-electron chi connectivity index (χ4n) is 16.1. The lowest BCUT2D eigenvalue weighted by Crippen LogP contribution is -2.70. The molecule has 0 aromatic heterocycles. The van der Waals surface area contributed by atoms with Crippen LogP contribution in [0.1, 0.15) is 107 Å². The van der Waals surface area contributed by atoms with Crippen LogP contribution in [0.25, 0.3) is 0 Å². The van der Waals surface area contributed by atoms with Gasteiger partial charge >= 0.3 is 0 Å². The summed E-state index contributed by atoms with van der Waals surface area (Å²) in [6.45, 7) is 14.4. The molecular weight excluding hydrogens is 1000 g/mol. The van der Waals surface area contributed by atoms with Crippen LogP contribution in [-0.2, 0) is 37.9 Å². The molecule has 4 saturated heterocycles. The fraction of sp³-hybridized carbons (Fsp3) is 0.962. The van der Waals surface area contributed by atoms with Crippen LogP contribution < -0.4 is 0 Å². The predicted octanol–water partition coefficient (Wildman–Crippen LogP) is -2.59. The van der Waals surface area contributed by atoms with Crippen LogP contribution in [0.3, 0.4) is 0 Å². The van der Waals surface area contributed by atoms with E-state index in [4.69, 9.17) is 37.9 Å². The van der Waals surface area contributed by atoms with Crippen LogP contribution in [0.4, 0.5) is 0 Å². The molecule has 0 amide bonds. The van der Waals surface area contributed by atoms with Gasteiger partial charge in [-0.2, -0.15) is 0 Å². The summed E-state index contributed by atoms with van der Waals surface area (Å²) in [7, 11) is 0. The molecule has 30 atom stereocenters. The molecule has 0 bridgehead atoms. The summed E-state index contributed by atoms with van der Waals surface area (Å²) in [5.41, 5.74) is -2.32. The largest absolute Gasteiger partial charge is 0.394 e. The monoisotopic (exact) mass is 1090 g/mol. The number of hydrogen-bond acceptors (Lipinski definition) is 23. The topological polar surface area (TPSA) is 377 Å². The number of fused-ring (bicyclic) bond motifs is 5. The Labute approximate surface area is 444 Å². The van der Waals surface area contributed by atoms with Gasteiger partial charge in [0.25, 0.3) is 0 Å². The Hall–Kier alpha value is -1.18. The van der Waals surface area contributed by atoms with Gasteiger partial charge in [-0.15, -0.1) is 0 Å². The van der Waals surface area contributed by atoms with Crippen molar-refractivity contribution in [1.29, 1.82) is 0 Å². The second kappa shape index (κ2) is 22.9. The molecule has 8 rings (SSSR count). The van der Waals surface area contributed by atoms with Crippen molar-refractivity contribution in [3.8, 4) is 0 Å². The highest BCUT2D eigenvalue weighted by Crippen LogP contribution is 2.76. The van der Waals surface area contributed by atoms with Gasteiger partial charge in [0.15, 0.2) is 25.2 Å². The van der Waals surface area contributed by atoms with Crippen molar-refractivity contribution in [2.45, 2.75) is 247 Å². The van der Waals surface area contributed by atoms with Gasteiger partial charge in [0.05, 0.1) is 50.3 Å². The first-order valence-corrected chi connectivity index (χ1v) is 27.4. The highest BCUT2D eigenvalue weighted by atomic mass is 16.8. The molecule has 0 aromatic rings. The molecule has 76 heavy (non-hydrogen) atoms. The van der Waals surface area contributed by atoms with Gasteiger partial charge in [-0.05, 0) is 117 Å². The van der Waals surface area contributed by atoms with E-state index >= 15 is 0 Å². The predicted molar refractivity (Wildman–Crippen MR) is 262 cm³/mol. The zero-order chi connectivity index (χ0) is 55.9. The molecule has 0 spiro atoms. The normalized spacial score (nSPS) is 53.2. The lowest BCUT2D eigenvalue weighted by atomic mass is 9.35. The number of aliphatic hydroxyl groups excluding tert-OH is 15.